The van der Waals surface area contributed by atoms with E-state index in [9.17, 15) is 4.79 Å². The lowest BCUT2D eigenvalue weighted by Gasteiger charge is -2.34. The van der Waals surface area contributed by atoms with Crippen LogP contribution < -0.4 is 10.6 Å². The van der Waals surface area contributed by atoms with Crippen molar-refractivity contribution >= 4 is 22.9 Å². The molecule has 0 bridgehead atoms. The summed E-state index contributed by atoms with van der Waals surface area (Å²) >= 11 is 0. The summed E-state index contributed by atoms with van der Waals surface area (Å²) in [6.45, 7) is 1.86. The minimum atomic E-state index is -0.304. The van der Waals surface area contributed by atoms with Crippen molar-refractivity contribution < 1.29 is 9.53 Å². The number of piperidine rings is 1. The molecule has 1 saturated heterocycles. The van der Waals surface area contributed by atoms with Crippen LogP contribution in [0.15, 0.2) is 48.5 Å². The smallest absolute Gasteiger partial charge is 0.260 e. The Bertz CT molecular complexity index is 879. The number of anilines is 1. The van der Waals surface area contributed by atoms with Gasteiger partial charge < -0.3 is 15.4 Å². The Morgan fingerprint density at radius 2 is 1.62 bits per heavy atom. The van der Waals surface area contributed by atoms with Crippen LogP contribution in [0.1, 0.15) is 29.5 Å². The van der Waals surface area contributed by atoms with Crippen LogP contribution in [0.25, 0.3) is 11.3 Å². The lowest BCUT2D eigenvalue weighted by atomic mass is 9.84. The second-order valence-corrected chi connectivity index (χ2v) is 6.60. The molecule has 24 heavy (non-hydrogen) atoms. The molecule has 2 N–H and O–H groups in total. The van der Waals surface area contributed by atoms with E-state index in [2.05, 4.69) is 28.8 Å². The van der Waals surface area contributed by atoms with E-state index in [0.717, 1.165) is 48.5 Å². The van der Waals surface area contributed by atoms with Crippen molar-refractivity contribution in [1.82, 2.24) is 5.32 Å². The first-order valence-corrected chi connectivity index (χ1v) is 8.43. The van der Waals surface area contributed by atoms with Gasteiger partial charge in [0.05, 0.1) is 5.57 Å². The van der Waals surface area contributed by atoms with E-state index >= 15 is 0 Å². The van der Waals surface area contributed by atoms with Crippen molar-refractivity contribution in [2.75, 3.05) is 18.4 Å². The molecule has 2 aromatic rings. The number of benzene rings is 2. The van der Waals surface area contributed by atoms with Crippen molar-refractivity contribution in [2.45, 2.75) is 18.4 Å². The van der Waals surface area contributed by atoms with E-state index in [-0.39, 0.29) is 11.5 Å². The fraction of sp³-hybridized carbons (Fsp3) is 0.250. The molecule has 0 aromatic heterocycles. The Labute approximate surface area is 140 Å². The summed E-state index contributed by atoms with van der Waals surface area (Å²) in [5.41, 5.74) is 4.42. The van der Waals surface area contributed by atoms with Gasteiger partial charge in [-0.05, 0) is 19.2 Å². The fourth-order valence-electron chi connectivity index (χ4n) is 4.11. The van der Waals surface area contributed by atoms with Gasteiger partial charge in [0.2, 0.25) is 0 Å². The van der Waals surface area contributed by atoms with Crippen LogP contribution >= 0.6 is 0 Å². The van der Waals surface area contributed by atoms with Gasteiger partial charge >= 0.3 is 0 Å². The number of rotatable bonds is 0. The van der Waals surface area contributed by atoms with Crippen LogP contribution in [0.4, 0.5) is 5.69 Å². The third-order valence-electron chi connectivity index (χ3n) is 5.27. The standard InChI is InChI=1S/C20H18N2O2/c23-19-17(14-6-2-4-8-16(14)22-19)18-13-5-1-3-7-15(13)20(24-18)9-11-21-12-10-20/h1-8,21H,9-12H2,(H,22,23). The largest absolute Gasteiger partial charge is 0.481 e. The Morgan fingerprint density at radius 1 is 0.917 bits per heavy atom. The van der Waals surface area contributed by atoms with Crippen molar-refractivity contribution in [3.8, 4) is 0 Å². The molecule has 4 heteroatoms. The number of amides is 1. The van der Waals surface area contributed by atoms with Gasteiger partial charge in [0.15, 0.2) is 0 Å². The second kappa shape index (κ2) is 4.95. The molecule has 0 radical (unpaired) electrons. The van der Waals surface area contributed by atoms with Gasteiger partial charge in [0.1, 0.15) is 11.4 Å². The number of carbonyl (C=O) groups excluding carboxylic acids is 1. The summed E-state index contributed by atoms with van der Waals surface area (Å²) in [6, 6.07) is 16.1. The molecular weight excluding hydrogens is 300 g/mol. The quantitative estimate of drug-likeness (QED) is 0.734. The van der Waals surface area contributed by atoms with E-state index < -0.39 is 0 Å². The molecule has 0 saturated carbocycles. The summed E-state index contributed by atoms with van der Waals surface area (Å²) in [6.07, 6.45) is 1.84. The zero-order valence-electron chi connectivity index (χ0n) is 13.3. The normalized spacial score (nSPS) is 23.6. The average Bonchev–Trinajstić information content (AvgIpc) is 3.11. The maximum atomic E-state index is 12.6. The lowest BCUT2D eigenvalue weighted by molar-refractivity contribution is -0.110. The van der Waals surface area contributed by atoms with E-state index in [1.807, 2.05) is 30.3 Å². The van der Waals surface area contributed by atoms with Crippen LogP contribution in [0.2, 0.25) is 0 Å². The van der Waals surface area contributed by atoms with Crippen molar-refractivity contribution in [3.63, 3.8) is 0 Å². The molecule has 1 spiro atoms. The van der Waals surface area contributed by atoms with Crippen LogP contribution in [-0.2, 0) is 15.1 Å². The van der Waals surface area contributed by atoms with Crippen LogP contribution in [0, 0.1) is 0 Å². The Kier molecular flexibility index (Phi) is 2.85. The molecular formula is C20H18N2O2. The predicted molar refractivity (Wildman–Crippen MR) is 93.2 cm³/mol. The highest BCUT2D eigenvalue weighted by molar-refractivity contribution is 6.36. The average molecular weight is 318 g/mol. The van der Waals surface area contributed by atoms with E-state index in [1.165, 1.54) is 5.56 Å². The van der Waals surface area contributed by atoms with Crippen LogP contribution in [-0.4, -0.2) is 19.0 Å². The highest BCUT2D eigenvalue weighted by Crippen LogP contribution is 2.51. The summed E-state index contributed by atoms with van der Waals surface area (Å²) in [5, 5.41) is 6.36. The molecule has 120 valence electrons. The molecule has 1 fully saturated rings. The number of hydrogen-bond acceptors (Lipinski definition) is 3. The predicted octanol–water partition coefficient (Wildman–Crippen LogP) is 3.12. The zero-order valence-corrected chi connectivity index (χ0v) is 13.3. The monoisotopic (exact) mass is 318 g/mol. The fourth-order valence-corrected chi connectivity index (χ4v) is 4.11. The molecule has 0 unspecified atom stereocenters. The van der Waals surface area contributed by atoms with Gasteiger partial charge in [0, 0.05) is 35.2 Å². The minimum absolute atomic E-state index is 0.0769. The number of nitrogens with one attached hydrogen (secondary N) is 2. The highest BCUT2D eigenvalue weighted by Gasteiger charge is 2.46. The van der Waals surface area contributed by atoms with Gasteiger partial charge in [-0.1, -0.05) is 42.5 Å². The molecule has 3 aliphatic rings. The first-order valence-electron chi connectivity index (χ1n) is 8.43. The summed E-state index contributed by atoms with van der Waals surface area (Å²) in [7, 11) is 0. The highest BCUT2D eigenvalue weighted by atomic mass is 16.5. The zero-order chi connectivity index (χ0) is 16.1. The van der Waals surface area contributed by atoms with Crippen LogP contribution in [0.5, 0.6) is 0 Å². The van der Waals surface area contributed by atoms with Crippen molar-refractivity contribution in [3.05, 3.63) is 65.2 Å². The molecule has 5 rings (SSSR count). The number of para-hydroxylation sites is 1. The number of fused-ring (bicyclic) bond motifs is 3. The summed E-state index contributed by atoms with van der Waals surface area (Å²) < 4.78 is 6.55. The van der Waals surface area contributed by atoms with E-state index in [4.69, 9.17) is 4.74 Å². The SMILES string of the molecule is O=C1Nc2ccccc2C1=C1OC2(CCNCC2)c2ccccc21. The molecule has 1 amide bonds. The minimum Gasteiger partial charge on any atom is -0.481 e. The van der Waals surface area contributed by atoms with Crippen molar-refractivity contribution in [1.29, 1.82) is 0 Å². The molecule has 3 heterocycles. The first-order chi connectivity index (χ1) is 11.8. The van der Waals surface area contributed by atoms with Gasteiger partial charge in [0.25, 0.3) is 5.91 Å². The molecule has 0 atom stereocenters. The van der Waals surface area contributed by atoms with Gasteiger partial charge in [-0.2, -0.15) is 0 Å². The summed E-state index contributed by atoms with van der Waals surface area (Å²) in [4.78, 5) is 12.6. The van der Waals surface area contributed by atoms with Gasteiger partial charge in [-0.3, -0.25) is 4.79 Å². The maximum absolute atomic E-state index is 12.6. The van der Waals surface area contributed by atoms with E-state index in [0.29, 0.717) is 5.57 Å². The molecule has 0 aliphatic carbocycles. The van der Waals surface area contributed by atoms with Gasteiger partial charge in [-0.15, -0.1) is 0 Å². The number of hydrogen-bond donors (Lipinski definition) is 2. The van der Waals surface area contributed by atoms with Crippen molar-refractivity contribution in [2.24, 2.45) is 0 Å². The number of carbonyl (C=O) groups is 1. The summed E-state index contributed by atoms with van der Waals surface area (Å²) in [5.74, 6) is 0.655. The Balaban J connectivity index is 1.75. The van der Waals surface area contributed by atoms with Gasteiger partial charge in [-0.25, -0.2) is 0 Å². The topological polar surface area (TPSA) is 50.4 Å². The lowest BCUT2D eigenvalue weighted by Crippen LogP contribution is -2.39. The maximum Gasteiger partial charge on any atom is 0.260 e. The Hall–Kier alpha value is -2.59. The second-order valence-electron chi connectivity index (χ2n) is 6.60. The third kappa shape index (κ3) is 1.80. The first kappa shape index (κ1) is 13.8. The molecule has 2 aromatic carbocycles. The number of ether oxygens (including phenoxy) is 1. The van der Waals surface area contributed by atoms with Crippen LogP contribution in [0.3, 0.4) is 0 Å². The molecule has 4 nitrogen and oxygen atoms in total. The van der Waals surface area contributed by atoms with E-state index in [1.54, 1.807) is 0 Å². The third-order valence-corrected chi connectivity index (χ3v) is 5.27. The molecule has 3 aliphatic heterocycles. The Morgan fingerprint density at radius 3 is 2.46 bits per heavy atom.